The third-order valence-corrected chi connectivity index (χ3v) is 3.92. The van der Waals surface area contributed by atoms with Gasteiger partial charge in [0.2, 0.25) is 0 Å². The summed E-state index contributed by atoms with van der Waals surface area (Å²) in [7, 11) is 0. The number of fused-ring (bicyclic) bond motifs is 1. The Morgan fingerprint density at radius 1 is 1.17 bits per heavy atom. The van der Waals surface area contributed by atoms with E-state index in [9.17, 15) is 9.50 Å². The molecule has 3 rings (SSSR count). The van der Waals surface area contributed by atoms with E-state index in [1.165, 1.54) is 29.5 Å². The molecule has 0 saturated heterocycles. The predicted molar refractivity (Wildman–Crippen MR) is 71.7 cm³/mol. The molecule has 0 spiro atoms. The van der Waals surface area contributed by atoms with Crippen LogP contribution in [0.5, 0.6) is 5.75 Å². The van der Waals surface area contributed by atoms with Gasteiger partial charge in [-0.25, -0.2) is 9.37 Å². The summed E-state index contributed by atoms with van der Waals surface area (Å²) in [6.07, 6.45) is 0. The molecule has 1 aromatic heterocycles. The van der Waals surface area contributed by atoms with Crippen LogP contribution in [0.1, 0.15) is 0 Å². The summed E-state index contributed by atoms with van der Waals surface area (Å²) in [5.74, 6) is -0.242. The quantitative estimate of drug-likeness (QED) is 0.713. The summed E-state index contributed by atoms with van der Waals surface area (Å²) < 4.78 is 13.9. The molecule has 0 amide bonds. The number of aromatic nitrogens is 1. The zero-order valence-corrected chi connectivity index (χ0v) is 10.6. The van der Waals surface area contributed by atoms with Gasteiger partial charge in [-0.3, -0.25) is 0 Å². The van der Waals surface area contributed by atoms with E-state index in [2.05, 4.69) is 4.98 Å². The maximum Gasteiger partial charge on any atom is 0.134 e. The van der Waals surface area contributed by atoms with Crippen molar-refractivity contribution in [3.8, 4) is 16.3 Å². The molecule has 90 valence electrons. The van der Waals surface area contributed by atoms with Crippen molar-refractivity contribution in [1.29, 1.82) is 0 Å². The lowest BCUT2D eigenvalue weighted by Gasteiger charge is -1.98. The second-order valence-electron chi connectivity index (χ2n) is 3.80. The lowest BCUT2D eigenvalue weighted by atomic mass is 10.2. The van der Waals surface area contributed by atoms with Crippen LogP contribution < -0.4 is 0 Å². The van der Waals surface area contributed by atoms with E-state index >= 15 is 0 Å². The third-order valence-electron chi connectivity index (χ3n) is 2.55. The molecule has 0 unspecified atom stereocenters. The second-order valence-corrected chi connectivity index (χ2v) is 5.24. The highest BCUT2D eigenvalue weighted by Gasteiger charge is 2.08. The molecule has 2 nitrogen and oxygen atoms in total. The monoisotopic (exact) mass is 279 g/mol. The number of rotatable bonds is 1. The Morgan fingerprint density at radius 3 is 2.78 bits per heavy atom. The number of thiazole rings is 1. The highest BCUT2D eigenvalue weighted by Crippen LogP contribution is 2.34. The van der Waals surface area contributed by atoms with Crippen LogP contribution >= 0.6 is 22.9 Å². The normalized spacial score (nSPS) is 11.0. The first-order valence-electron chi connectivity index (χ1n) is 5.18. The van der Waals surface area contributed by atoms with E-state index < -0.39 is 0 Å². The Morgan fingerprint density at radius 2 is 2.00 bits per heavy atom. The van der Waals surface area contributed by atoms with Gasteiger partial charge in [-0.15, -0.1) is 11.3 Å². The molecule has 1 N–H and O–H groups in total. The summed E-state index contributed by atoms with van der Waals surface area (Å²) >= 11 is 7.24. The number of hydrogen-bond acceptors (Lipinski definition) is 3. The Kier molecular flexibility index (Phi) is 2.69. The summed E-state index contributed by atoms with van der Waals surface area (Å²) in [6, 6.07) is 9.38. The molecular weight excluding hydrogens is 273 g/mol. The average Bonchev–Trinajstić information content (AvgIpc) is 2.75. The smallest absolute Gasteiger partial charge is 0.134 e. The van der Waals surface area contributed by atoms with Gasteiger partial charge in [-0.1, -0.05) is 11.6 Å². The lowest BCUT2D eigenvalue weighted by Crippen LogP contribution is -1.76. The van der Waals surface area contributed by atoms with Crippen LogP contribution in [0.2, 0.25) is 5.02 Å². The van der Waals surface area contributed by atoms with Crippen molar-refractivity contribution in [2.45, 2.75) is 0 Å². The molecule has 2 aromatic carbocycles. The van der Waals surface area contributed by atoms with Gasteiger partial charge in [0.1, 0.15) is 16.6 Å². The van der Waals surface area contributed by atoms with Gasteiger partial charge in [0.15, 0.2) is 0 Å². The molecule has 0 aliphatic rings. The van der Waals surface area contributed by atoms with Crippen LogP contribution in [-0.4, -0.2) is 10.1 Å². The topological polar surface area (TPSA) is 33.1 Å². The number of hydrogen-bond donors (Lipinski definition) is 1. The number of halogens is 2. The number of benzene rings is 2. The highest BCUT2D eigenvalue weighted by atomic mass is 35.5. The van der Waals surface area contributed by atoms with Crippen LogP contribution in [-0.2, 0) is 0 Å². The minimum atomic E-state index is -0.276. The van der Waals surface area contributed by atoms with Gasteiger partial charge < -0.3 is 5.11 Å². The molecule has 0 aliphatic heterocycles. The first kappa shape index (κ1) is 11.4. The van der Waals surface area contributed by atoms with Gasteiger partial charge in [0, 0.05) is 5.56 Å². The lowest BCUT2D eigenvalue weighted by molar-refractivity contribution is 0.475. The Labute approximate surface area is 111 Å². The molecule has 18 heavy (non-hydrogen) atoms. The van der Waals surface area contributed by atoms with Gasteiger partial charge in [-0.2, -0.15) is 0 Å². The minimum Gasteiger partial charge on any atom is -0.506 e. The standard InChI is InChI=1S/C13H7ClFNOS/c14-9-5-7(1-4-11(9)17)13-16-10-3-2-8(15)6-12(10)18-13/h1-6,17H. The van der Waals surface area contributed by atoms with E-state index in [0.29, 0.717) is 0 Å². The number of phenols is 1. The first-order valence-corrected chi connectivity index (χ1v) is 6.38. The Bertz CT molecular complexity index is 741. The van der Waals surface area contributed by atoms with E-state index in [1.807, 2.05) is 0 Å². The summed E-state index contributed by atoms with van der Waals surface area (Å²) in [5.41, 5.74) is 1.56. The maximum atomic E-state index is 13.1. The molecule has 0 bridgehead atoms. The minimum absolute atomic E-state index is 0.0348. The molecule has 0 atom stereocenters. The van der Waals surface area contributed by atoms with Crippen molar-refractivity contribution < 1.29 is 9.50 Å². The molecule has 0 aliphatic carbocycles. The van der Waals surface area contributed by atoms with Crippen molar-refractivity contribution >= 4 is 33.2 Å². The van der Waals surface area contributed by atoms with Crippen LogP contribution in [0.15, 0.2) is 36.4 Å². The van der Waals surface area contributed by atoms with E-state index in [0.717, 1.165) is 20.8 Å². The SMILES string of the molecule is Oc1ccc(-c2nc3ccc(F)cc3s2)cc1Cl. The highest BCUT2D eigenvalue weighted by molar-refractivity contribution is 7.21. The van der Waals surface area contributed by atoms with Gasteiger partial charge in [0.25, 0.3) is 0 Å². The molecule has 3 aromatic rings. The zero-order chi connectivity index (χ0) is 12.7. The predicted octanol–water partition coefficient (Wildman–Crippen LogP) is 4.46. The number of phenolic OH excluding ortho intramolecular Hbond substituents is 1. The van der Waals surface area contributed by atoms with Crippen LogP contribution in [0.3, 0.4) is 0 Å². The van der Waals surface area contributed by atoms with Crippen LogP contribution in [0.4, 0.5) is 4.39 Å². The van der Waals surface area contributed by atoms with Crippen molar-refractivity contribution in [3.63, 3.8) is 0 Å². The van der Waals surface area contributed by atoms with Crippen molar-refractivity contribution in [1.82, 2.24) is 4.98 Å². The fourth-order valence-corrected chi connectivity index (χ4v) is 2.83. The molecule has 0 fully saturated rings. The van der Waals surface area contributed by atoms with Crippen LogP contribution in [0, 0.1) is 5.82 Å². The largest absolute Gasteiger partial charge is 0.506 e. The van der Waals surface area contributed by atoms with Crippen molar-refractivity contribution in [2.75, 3.05) is 0 Å². The first-order chi connectivity index (χ1) is 8.63. The van der Waals surface area contributed by atoms with Gasteiger partial charge >= 0.3 is 0 Å². The Hall–Kier alpha value is -1.65. The van der Waals surface area contributed by atoms with Gasteiger partial charge in [-0.05, 0) is 36.4 Å². The maximum absolute atomic E-state index is 13.1. The summed E-state index contributed by atoms with van der Waals surface area (Å²) in [5, 5.41) is 10.4. The molecule has 0 radical (unpaired) electrons. The average molecular weight is 280 g/mol. The third kappa shape index (κ3) is 1.94. The fourth-order valence-electron chi connectivity index (χ4n) is 1.66. The zero-order valence-electron chi connectivity index (χ0n) is 9.02. The summed E-state index contributed by atoms with van der Waals surface area (Å²) in [6.45, 7) is 0. The summed E-state index contributed by atoms with van der Waals surface area (Å²) in [4.78, 5) is 4.41. The number of nitrogens with zero attached hydrogens (tertiary/aromatic N) is 1. The van der Waals surface area contributed by atoms with Crippen LogP contribution in [0.25, 0.3) is 20.8 Å². The molecular formula is C13H7ClFNOS. The molecule has 5 heteroatoms. The van der Waals surface area contributed by atoms with Crippen molar-refractivity contribution in [2.24, 2.45) is 0 Å². The number of aromatic hydroxyl groups is 1. The van der Waals surface area contributed by atoms with Gasteiger partial charge in [0.05, 0.1) is 15.2 Å². The van der Waals surface area contributed by atoms with E-state index in [4.69, 9.17) is 11.6 Å². The fraction of sp³-hybridized carbons (Fsp3) is 0. The van der Waals surface area contributed by atoms with Crippen molar-refractivity contribution in [3.05, 3.63) is 47.2 Å². The molecule has 1 heterocycles. The van der Waals surface area contributed by atoms with E-state index in [1.54, 1.807) is 18.2 Å². The Balaban J connectivity index is 2.16. The van der Waals surface area contributed by atoms with E-state index in [-0.39, 0.29) is 16.6 Å². The molecule has 0 saturated carbocycles. The second kappa shape index (κ2) is 4.23.